The number of hydrogen-bond donors (Lipinski definition) is 1. The first-order valence-corrected chi connectivity index (χ1v) is 13.3. The van der Waals surface area contributed by atoms with Crippen LogP contribution in [0.5, 0.6) is 5.88 Å². The maximum Gasteiger partial charge on any atom is 0.416 e. The lowest BCUT2D eigenvalue weighted by molar-refractivity contribution is -0.143. The molecule has 1 fully saturated rings. The van der Waals surface area contributed by atoms with Crippen LogP contribution in [0.1, 0.15) is 32.6 Å². The molecule has 0 aliphatic carbocycles. The van der Waals surface area contributed by atoms with E-state index < -0.39 is 41.0 Å². The van der Waals surface area contributed by atoms with Gasteiger partial charge >= 0.3 is 12.4 Å². The molecule has 1 N–H and O–H groups in total. The predicted molar refractivity (Wildman–Crippen MR) is 147 cm³/mol. The third-order valence-corrected chi connectivity index (χ3v) is 7.28. The summed E-state index contributed by atoms with van der Waals surface area (Å²) in [5, 5.41) is 0.911. The predicted octanol–water partition coefficient (Wildman–Crippen LogP) is 6.03. The first-order valence-electron chi connectivity index (χ1n) is 13.3. The minimum Gasteiger partial charge on any atom is -0.480 e. The molecular formula is C31H26F6N4O2. The molecule has 0 unspecified atom stereocenters. The van der Waals surface area contributed by atoms with Gasteiger partial charge in [0.15, 0.2) is 0 Å². The van der Waals surface area contributed by atoms with Crippen LogP contribution in [0, 0.1) is 11.8 Å². The number of para-hydroxylation sites is 1. The number of halogens is 6. The number of fused-ring (bicyclic) bond motifs is 1. The molecule has 1 saturated heterocycles. The van der Waals surface area contributed by atoms with Crippen LogP contribution in [0.25, 0.3) is 10.9 Å². The van der Waals surface area contributed by atoms with Crippen molar-refractivity contribution in [1.29, 1.82) is 0 Å². The van der Waals surface area contributed by atoms with Crippen molar-refractivity contribution in [2.24, 2.45) is 0 Å². The highest BCUT2D eigenvalue weighted by Crippen LogP contribution is 2.37. The van der Waals surface area contributed by atoms with Crippen LogP contribution in [0.3, 0.4) is 0 Å². The van der Waals surface area contributed by atoms with Gasteiger partial charge in [0.25, 0.3) is 5.91 Å². The van der Waals surface area contributed by atoms with E-state index in [9.17, 15) is 31.1 Å². The van der Waals surface area contributed by atoms with Gasteiger partial charge in [-0.1, -0.05) is 30.0 Å². The number of alkyl halides is 6. The molecule has 43 heavy (non-hydrogen) atoms. The van der Waals surface area contributed by atoms with Gasteiger partial charge in [-0.15, -0.1) is 0 Å². The average Bonchev–Trinajstić information content (AvgIpc) is 3.39. The zero-order valence-electron chi connectivity index (χ0n) is 22.9. The molecule has 1 amide bonds. The molecule has 1 atom stereocenters. The van der Waals surface area contributed by atoms with Crippen molar-refractivity contribution in [3.05, 3.63) is 94.8 Å². The summed E-state index contributed by atoms with van der Waals surface area (Å²) in [4.78, 5) is 24.3. The summed E-state index contributed by atoms with van der Waals surface area (Å²) in [6.45, 7) is 1.02. The van der Waals surface area contributed by atoms with Crippen LogP contribution in [0.4, 0.5) is 26.3 Å². The molecule has 0 radical (unpaired) electrons. The number of ether oxygens (including phenoxy) is 1. The maximum atomic E-state index is 13.7. The number of aromatic nitrogens is 2. The molecule has 12 heteroatoms. The Morgan fingerprint density at radius 3 is 2.44 bits per heavy atom. The van der Waals surface area contributed by atoms with Crippen molar-refractivity contribution in [3.8, 4) is 17.7 Å². The van der Waals surface area contributed by atoms with E-state index in [0.29, 0.717) is 49.6 Å². The minimum absolute atomic E-state index is 0.0219. The highest BCUT2D eigenvalue weighted by atomic mass is 19.4. The van der Waals surface area contributed by atoms with Crippen molar-refractivity contribution in [2.45, 2.75) is 24.8 Å². The number of H-pyrrole nitrogens is 1. The Balaban J connectivity index is 1.45. The smallest absolute Gasteiger partial charge is 0.416 e. The normalized spacial score (nSPS) is 16.2. The minimum atomic E-state index is -5.06. The number of aromatic amines is 1. The lowest BCUT2D eigenvalue weighted by atomic mass is 9.98. The van der Waals surface area contributed by atoms with Gasteiger partial charge in [-0.2, -0.15) is 26.3 Å². The van der Waals surface area contributed by atoms with Crippen LogP contribution in [0.2, 0.25) is 0 Å². The summed E-state index contributed by atoms with van der Waals surface area (Å²) in [5.74, 6) is 5.57. The van der Waals surface area contributed by atoms with E-state index in [1.165, 1.54) is 12.0 Å². The second kappa shape index (κ2) is 12.0. The number of carbonyl (C=O) groups is 1. The van der Waals surface area contributed by atoms with Crippen LogP contribution in [-0.2, 0) is 18.8 Å². The summed E-state index contributed by atoms with van der Waals surface area (Å²) in [6.07, 6.45) is -6.42. The van der Waals surface area contributed by atoms with Crippen molar-refractivity contribution in [2.75, 3.05) is 33.3 Å². The first-order chi connectivity index (χ1) is 20.4. The fourth-order valence-corrected chi connectivity index (χ4v) is 5.20. The van der Waals surface area contributed by atoms with Crippen LogP contribution in [-0.4, -0.2) is 65.0 Å². The Labute approximate surface area is 243 Å². The van der Waals surface area contributed by atoms with Gasteiger partial charge in [-0.3, -0.25) is 9.69 Å². The summed E-state index contributed by atoms with van der Waals surface area (Å²) in [6, 6.07) is 11.4. The Morgan fingerprint density at radius 2 is 1.74 bits per heavy atom. The number of methoxy groups -OCH3 is 1. The quantitative estimate of drug-likeness (QED) is 0.225. The van der Waals surface area contributed by atoms with Gasteiger partial charge in [-0.05, 0) is 48.4 Å². The molecule has 0 spiro atoms. The van der Waals surface area contributed by atoms with Gasteiger partial charge in [0.2, 0.25) is 5.88 Å². The van der Waals surface area contributed by atoms with Crippen LogP contribution < -0.4 is 4.74 Å². The molecular weight excluding hydrogens is 574 g/mol. The summed E-state index contributed by atoms with van der Waals surface area (Å²) in [5.41, 5.74) is -1.39. The second-order valence-corrected chi connectivity index (χ2v) is 10.1. The van der Waals surface area contributed by atoms with Crippen LogP contribution in [0.15, 0.2) is 67.0 Å². The summed E-state index contributed by atoms with van der Waals surface area (Å²) >= 11 is 0. The number of nitrogens with one attached hydrogen (secondary N) is 1. The molecule has 2 aromatic heterocycles. The van der Waals surface area contributed by atoms with E-state index in [4.69, 9.17) is 4.74 Å². The molecule has 0 bridgehead atoms. The highest BCUT2D eigenvalue weighted by Gasteiger charge is 2.39. The standard InChI is InChI=1S/C31H26F6N4O2/c1-43-28-20(6-4-10-38-28)7-5-11-40-12-13-41(25(19-40)16-22-18-39-27-9-3-2-8-26(22)27)29(42)21-14-23(30(32,33)34)17-24(15-21)31(35,36)37/h2-4,6,8-10,14-15,17-18,25,39H,11-13,16,19H2,1H3/t25-/m1/s1. The largest absolute Gasteiger partial charge is 0.480 e. The van der Waals surface area contributed by atoms with E-state index in [2.05, 4.69) is 21.8 Å². The van der Waals surface area contributed by atoms with Gasteiger partial charge in [0, 0.05) is 54.5 Å². The first kappa shape index (κ1) is 30.0. The molecule has 1 aliphatic heterocycles. The zero-order valence-corrected chi connectivity index (χ0v) is 22.9. The maximum absolute atomic E-state index is 13.7. The third kappa shape index (κ3) is 6.78. The van der Waals surface area contributed by atoms with Crippen molar-refractivity contribution in [3.63, 3.8) is 0 Å². The topological polar surface area (TPSA) is 61.5 Å². The molecule has 6 nitrogen and oxygen atoms in total. The van der Waals surface area contributed by atoms with E-state index in [1.54, 1.807) is 24.5 Å². The SMILES string of the molecule is COc1ncccc1C#CCN1CCN(C(=O)c2cc(C(F)(F)F)cc(C(F)(F)F)c2)[C@H](Cc2c[nH]c3ccccc23)C1. The van der Waals surface area contributed by atoms with Gasteiger partial charge < -0.3 is 14.6 Å². The number of rotatable bonds is 5. The summed E-state index contributed by atoms with van der Waals surface area (Å²) in [7, 11) is 1.49. The number of hydrogen-bond acceptors (Lipinski definition) is 4. The lowest BCUT2D eigenvalue weighted by Crippen LogP contribution is -2.56. The van der Waals surface area contributed by atoms with Crippen molar-refractivity contribution in [1.82, 2.24) is 19.8 Å². The van der Waals surface area contributed by atoms with Gasteiger partial charge in [0.1, 0.15) is 0 Å². The van der Waals surface area contributed by atoms with E-state index in [1.807, 2.05) is 29.2 Å². The number of nitrogens with zero attached hydrogens (tertiary/aromatic N) is 3. The molecule has 0 saturated carbocycles. The van der Waals surface area contributed by atoms with Gasteiger partial charge in [0.05, 0.1) is 30.3 Å². The third-order valence-electron chi connectivity index (χ3n) is 7.28. The van der Waals surface area contributed by atoms with E-state index in [0.717, 1.165) is 16.5 Å². The Bertz CT molecular complexity index is 1650. The summed E-state index contributed by atoms with van der Waals surface area (Å²) < 4.78 is 86.4. The highest BCUT2D eigenvalue weighted by molar-refractivity contribution is 5.95. The van der Waals surface area contributed by atoms with Crippen molar-refractivity contribution < 1.29 is 35.9 Å². The number of amides is 1. The van der Waals surface area contributed by atoms with E-state index in [-0.39, 0.29) is 12.6 Å². The number of piperazine rings is 1. The lowest BCUT2D eigenvalue weighted by Gasteiger charge is -2.41. The van der Waals surface area contributed by atoms with E-state index >= 15 is 0 Å². The van der Waals surface area contributed by atoms with Gasteiger partial charge in [-0.25, -0.2) is 4.98 Å². The fourth-order valence-electron chi connectivity index (χ4n) is 5.20. The monoisotopic (exact) mass is 600 g/mol. The molecule has 4 aromatic rings. The Kier molecular flexibility index (Phi) is 8.37. The Hall–Kier alpha value is -4.50. The van der Waals surface area contributed by atoms with Crippen LogP contribution >= 0.6 is 0 Å². The fraction of sp³-hybridized carbons (Fsp3) is 0.290. The Morgan fingerprint density at radius 1 is 1.02 bits per heavy atom. The number of carbonyl (C=O) groups excluding carboxylic acids is 1. The molecule has 5 rings (SSSR count). The number of benzene rings is 2. The number of pyridine rings is 1. The molecule has 1 aliphatic rings. The second-order valence-electron chi connectivity index (χ2n) is 10.1. The van der Waals surface area contributed by atoms with Crippen molar-refractivity contribution >= 4 is 16.8 Å². The molecule has 224 valence electrons. The zero-order chi connectivity index (χ0) is 30.8. The average molecular weight is 601 g/mol. The molecule has 2 aromatic carbocycles. The molecule has 3 heterocycles.